The first-order valence-corrected chi connectivity index (χ1v) is 13.0. The molecule has 2 amide bonds. The summed E-state index contributed by atoms with van der Waals surface area (Å²) < 4.78 is 7.03. The van der Waals surface area contributed by atoms with E-state index in [1.807, 2.05) is 37.3 Å². The molecule has 0 aliphatic carbocycles. The molecule has 4 rings (SSSR count). The molecule has 3 aromatic rings. The number of halogens is 3. The van der Waals surface area contributed by atoms with Gasteiger partial charge in [-0.2, -0.15) is 5.01 Å². The van der Waals surface area contributed by atoms with Crippen molar-refractivity contribution in [1.29, 1.82) is 0 Å². The second-order valence-corrected chi connectivity index (χ2v) is 11.0. The number of amides is 2. The summed E-state index contributed by atoms with van der Waals surface area (Å²) in [6.07, 6.45) is 1.69. The summed E-state index contributed by atoms with van der Waals surface area (Å²) in [5.41, 5.74) is 5.36. The zero-order valence-corrected chi connectivity index (χ0v) is 22.9. The molecule has 1 heterocycles. The van der Waals surface area contributed by atoms with Crippen LogP contribution < -0.4 is 10.2 Å². The molecule has 1 aliphatic heterocycles. The molecule has 0 atom stereocenters. The number of nitrogens with one attached hydrogen (secondary N) is 1. The molecule has 0 bridgehead atoms. The number of hydrogen-bond donors (Lipinski definition) is 1. The average Bonchev–Trinajstić information content (AvgIpc) is 3.07. The second kappa shape index (κ2) is 11.1. The Morgan fingerprint density at radius 3 is 2.60 bits per heavy atom. The Morgan fingerprint density at radius 1 is 1.14 bits per heavy atom. The summed E-state index contributed by atoms with van der Waals surface area (Å²) in [5.74, 6) is -0.383. The molecule has 35 heavy (non-hydrogen) atoms. The maximum absolute atomic E-state index is 13.1. The van der Waals surface area contributed by atoms with Gasteiger partial charge in [-0.05, 0) is 78.8 Å². The summed E-state index contributed by atoms with van der Waals surface area (Å²) in [6, 6.07) is 17.9. The lowest BCUT2D eigenvalue weighted by atomic mass is 10.1. The molecule has 0 unspecified atom stereocenters. The fourth-order valence-corrected chi connectivity index (χ4v) is 5.17. The highest BCUT2D eigenvalue weighted by Crippen LogP contribution is 2.35. The molecular formula is C25H17BrCl2N2O3S2. The van der Waals surface area contributed by atoms with E-state index in [-0.39, 0.29) is 9.88 Å². The van der Waals surface area contributed by atoms with Gasteiger partial charge in [0.25, 0.3) is 11.8 Å². The monoisotopic (exact) mass is 606 g/mol. The number of hydrogen-bond acceptors (Lipinski definition) is 5. The number of nitrogens with zero attached hydrogens (tertiary/aromatic N) is 1. The number of carbonyl (C=O) groups is 2. The van der Waals surface area contributed by atoms with Crippen LogP contribution in [0.5, 0.6) is 5.75 Å². The molecule has 1 fully saturated rings. The van der Waals surface area contributed by atoms with Crippen LogP contribution in [0.2, 0.25) is 10.0 Å². The lowest BCUT2D eigenvalue weighted by molar-refractivity contribution is -0.123. The van der Waals surface area contributed by atoms with Gasteiger partial charge in [-0.15, -0.1) is 0 Å². The predicted molar refractivity (Wildman–Crippen MR) is 149 cm³/mol. The van der Waals surface area contributed by atoms with Gasteiger partial charge in [0, 0.05) is 15.1 Å². The Balaban J connectivity index is 1.53. The molecule has 0 spiro atoms. The summed E-state index contributed by atoms with van der Waals surface area (Å²) in [7, 11) is 0. The van der Waals surface area contributed by atoms with Crippen molar-refractivity contribution < 1.29 is 14.3 Å². The quantitative estimate of drug-likeness (QED) is 0.237. The van der Waals surface area contributed by atoms with Crippen LogP contribution in [0.1, 0.15) is 27.0 Å². The molecule has 5 nitrogen and oxygen atoms in total. The maximum Gasteiger partial charge on any atom is 0.285 e. The van der Waals surface area contributed by atoms with Crippen LogP contribution in [0.4, 0.5) is 0 Å². The number of rotatable bonds is 6. The SMILES string of the molecule is Cc1ccc(C(=O)NN2C(=O)/C(=C\c3cc(Br)ccc3OCc3ccc(Cl)cc3)SC2=S)c(Cl)c1. The summed E-state index contributed by atoms with van der Waals surface area (Å²) in [6.45, 7) is 2.20. The Hall–Kier alpha value is -2.36. The van der Waals surface area contributed by atoms with E-state index < -0.39 is 11.8 Å². The zero-order chi connectivity index (χ0) is 25.1. The molecule has 3 aromatic carbocycles. The average molecular weight is 608 g/mol. The van der Waals surface area contributed by atoms with Crippen LogP contribution >= 0.6 is 63.1 Å². The molecule has 178 valence electrons. The van der Waals surface area contributed by atoms with Gasteiger partial charge in [-0.25, -0.2) is 0 Å². The van der Waals surface area contributed by atoms with Crippen molar-refractivity contribution in [2.75, 3.05) is 0 Å². The molecule has 1 N–H and O–H groups in total. The Labute approximate surface area is 230 Å². The third-order valence-electron chi connectivity index (χ3n) is 4.94. The number of carbonyl (C=O) groups excluding carboxylic acids is 2. The van der Waals surface area contributed by atoms with Crippen molar-refractivity contribution in [1.82, 2.24) is 10.4 Å². The first kappa shape index (κ1) is 25.7. The highest BCUT2D eigenvalue weighted by atomic mass is 79.9. The van der Waals surface area contributed by atoms with Gasteiger partial charge in [0.2, 0.25) is 0 Å². The molecule has 1 saturated heterocycles. The van der Waals surface area contributed by atoms with Gasteiger partial charge >= 0.3 is 0 Å². The van der Waals surface area contributed by atoms with Gasteiger partial charge in [0.15, 0.2) is 4.32 Å². The van der Waals surface area contributed by atoms with Gasteiger partial charge in [-0.1, -0.05) is 69.1 Å². The first-order chi connectivity index (χ1) is 16.7. The van der Waals surface area contributed by atoms with Crippen LogP contribution in [-0.4, -0.2) is 21.1 Å². The zero-order valence-electron chi connectivity index (χ0n) is 18.2. The summed E-state index contributed by atoms with van der Waals surface area (Å²) in [4.78, 5) is 26.1. The van der Waals surface area contributed by atoms with Crippen molar-refractivity contribution in [3.63, 3.8) is 0 Å². The van der Waals surface area contributed by atoms with Crippen molar-refractivity contribution in [3.8, 4) is 5.75 Å². The minimum atomic E-state index is -0.526. The van der Waals surface area contributed by atoms with Crippen molar-refractivity contribution in [2.24, 2.45) is 0 Å². The summed E-state index contributed by atoms with van der Waals surface area (Å²) >= 11 is 22.0. The number of ether oxygens (including phenoxy) is 1. The lowest BCUT2D eigenvalue weighted by Crippen LogP contribution is -2.44. The number of thioether (sulfide) groups is 1. The standard InChI is InChI=1S/C25H17BrCl2N2O3S2/c1-14-2-8-19(20(28)10-14)23(31)29-30-24(32)22(35-25(30)34)12-16-11-17(26)5-9-21(16)33-13-15-3-6-18(27)7-4-15/h2-12H,13H2,1H3,(H,29,31)/b22-12+. The van der Waals surface area contributed by atoms with Crippen molar-refractivity contribution in [2.45, 2.75) is 13.5 Å². The maximum atomic E-state index is 13.1. The minimum absolute atomic E-state index is 0.205. The van der Waals surface area contributed by atoms with E-state index in [0.29, 0.717) is 32.9 Å². The van der Waals surface area contributed by atoms with Crippen molar-refractivity contribution >= 4 is 85.3 Å². The van der Waals surface area contributed by atoms with Gasteiger partial charge < -0.3 is 4.74 Å². The van der Waals surface area contributed by atoms with Gasteiger partial charge in [0.1, 0.15) is 12.4 Å². The van der Waals surface area contributed by atoms with Crippen LogP contribution in [-0.2, 0) is 11.4 Å². The smallest absolute Gasteiger partial charge is 0.285 e. The molecule has 10 heteroatoms. The molecule has 0 aromatic heterocycles. The third kappa shape index (κ3) is 6.26. The number of aryl methyl sites for hydroxylation is 1. The highest BCUT2D eigenvalue weighted by Gasteiger charge is 2.34. The topological polar surface area (TPSA) is 58.6 Å². The Kier molecular flexibility index (Phi) is 8.19. The van der Waals surface area contributed by atoms with Gasteiger partial charge in [-0.3, -0.25) is 15.0 Å². The molecular weight excluding hydrogens is 591 g/mol. The second-order valence-electron chi connectivity index (χ2n) is 7.54. The minimum Gasteiger partial charge on any atom is -0.488 e. The third-order valence-corrected chi connectivity index (χ3v) is 7.30. The summed E-state index contributed by atoms with van der Waals surface area (Å²) in [5, 5.41) is 1.99. The van der Waals surface area contributed by atoms with E-state index in [9.17, 15) is 9.59 Å². The van der Waals surface area contributed by atoms with Crippen molar-refractivity contribution in [3.05, 3.63) is 102 Å². The number of thiocarbonyl (C=S) groups is 1. The fourth-order valence-electron chi connectivity index (χ4n) is 3.18. The van der Waals surface area contributed by atoms with Crippen LogP contribution in [0, 0.1) is 6.92 Å². The van der Waals surface area contributed by atoms with Crippen LogP contribution in [0.15, 0.2) is 70.0 Å². The van der Waals surface area contributed by atoms with E-state index >= 15 is 0 Å². The fraction of sp³-hybridized carbons (Fsp3) is 0.0800. The van der Waals surface area contributed by atoms with Crippen LogP contribution in [0.3, 0.4) is 0 Å². The van der Waals surface area contributed by atoms with Crippen LogP contribution in [0.25, 0.3) is 6.08 Å². The van der Waals surface area contributed by atoms with E-state index in [2.05, 4.69) is 21.4 Å². The first-order valence-electron chi connectivity index (χ1n) is 10.2. The predicted octanol–water partition coefficient (Wildman–Crippen LogP) is 7.19. The van der Waals surface area contributed by atoms with E-state index in [0.717, 1.165) is 32.4 Å². The number of hydrazine groups is 1. The van der Waals surface area contributed by atoms with E-state index in [4.69, 9.17) is 40.2 Å². The Morgan fingerprint density at radius 2 is 1.89 bits per heavy atom. The van der Waals surface area contributed by atoms with E-state index in [1.54, 1.807) is 36.4 Å². The highest BCUT2D eigenvalue weighted by molar-refractivity contribution is 9.10. The van der Waals surface area contributed by atoms with Gasteiger partial charge in [0.05, 0.1) is 15.5 Å². The lowest BCUT2D eigenvalue weighted by Gasteiger charge is -2.16. The normalized spacial score (nSPS) is 14.5. The largest absolute Gasteiger partial charge is 0.488 e. The Bertz CT molecular complexity index is 1360. The number of benzene rings is 3. The molecule has 0 saturated carbocycles. The molecule has 1 aliphatic rings. The van der Waals surface area contributed by atoms with E-state index in [1.165, 1.54) is 0 Å². The molecule has 0 radical (unpaired) electrons.